The maximum Gasteiger partial charge on any atom is 0.222 e. The zero-order valence-corrected chi connectivity index (χ0v) is 19.2. The third kappa shape index (κ3) is 4.31. The zero-order chi connectivity index (χ0) is 23.5. The summed E-state index contributed by atoms with van der Waals surface area (Å²) >= 11 is 0. The van der Waals surface area contributed by atoms with Gasteiger partial charge in [0.1, 0.15) is 29.3 Å². The first-order chi connectivity index (χ1) is 16.6. The van der Waals surface area contributed by atoms with Crippen LogP contribution in [-0.4, -0.2) is 43.6 Å². The van der Waals surface area contributed by atoms with Crippen LogP contribution in [-0.2, 0) is 4.79 Å². The first-order valence-corrected chi connectivity index (χ1v) is 11.7. The van der Waals surface area contributed by atoms with Gasteiger partial charge in [0.05, 0.1) is 11.4 Å². The second-order valence-electron chi connectivity index (χ2n) is 8.58. The van der Waals surface area contributed by atoms with E-state index in [2.05, 4.69) is 9.97 Å². The van der Waals surface area contributed by atoms with Crippen LogP contribution in [0.2, 0.25) is 0 Å². The summed E-state index contributed by atoms with van der Waals surface area (Å²) in [6.07, 6.45) is 4.76. The van der Waals surface area contributed by atoms with E-state index in [4.69, 9.17) is 15.6 Å². The van der Waals surface area contributed by atoms with Gasteiger partial charge in [0, 0.05) is 25.1 Å². The van der Waals surface area contributed by atoms with E-state index in [1.54, 1.807) is 0 Å². The molecule has 3 heterocycles. The molecule has 0 bridgehead atoms. The van der Waals surface area contributed by atoms with E-state index in [-0.39, 0.29) is 11.9 Å². The Morgan fingerprint density at radius 1 is 1.09 bits per heavy atom. The lowest BCUT2D eigenvalue weighted by atomic mass is 10.1. The largest absolute Gasteiger partial charge is 0.457 e. The molecule has 8 heteroatoms. The summed E-state index contributed by atoms with van der Waals surface area (Å²) in [7, 11) is 0. The number of aromatic nitrogens is 4. The van der Waals surface area contributed by atoms with Crippen molar-refractivity contribution in [1.29, 1.82) is 0 Å². The van der Waals surface area contributed by atoms with E-state index in [0.717, 1.165) is 53.9 Å². The Bertz CT molecular complexity index is 1290. The van der Waals surface area contributed by atoms with Crippen LogP contribution in [0, 0.1) is 0 Å². The molecule has 1 aliphatic rings. The fourth-order valence-electron chi connectivity index (χ4n) is 4.51. The number of ether oxygens (including phenoxy) is 1. The number of carbonyl (C=O) groups is 1. The highest BCUT2D eigenvalue weighted by Gasteiger charge is 2.28. The van der Waals surface area contributed by atoms with Crippen molar-refractivity contribution in [2.24, 2.45) is 0 Å². The number of fused-ring (bicyclic) bond motifs is 1. The number of amides is 1. The molecule has 1 unspecified atom stereocenters. The number of piperidine rings is 1. The summed E-state index contributed by atoms with van der Waals surface area (Å²) in [5.41, 5.74) is 8.62. The van der Waals surface area contributed by atoms with Crippen molar-refractivity contribution >= 4 is 22.8 Å². The smallest absolute Gasteiger partial charge is 0.222 e. The zero-order valence-electron chi connectivity index (χ0n) is 19.2. The Labute approximate surface area is 198 Å². The number of rotatable bonds is 6. The van der Waals surface area contributed by atoms with Crippen LogP contribution in [0.15, 0.2) is 60.9 Å². The molecule has 0 radical (unpaired) electrons. The van der Waals surface area contributed by atoms with Crippen LogP contribution in [0.25, 0.3) is 22.3 Å². The second kappa shape index (κ2) is 9.51. The Balaban J connectivity index is 1.47. The van der Waals surface area contributed by atoms with Crippen LogP contribution >= 0.6 is 0 Å². The van der Waals surface area contributed by atoms with Gasteiger partial charge in [0.2, 0.25) is 5.91 Å². The molecule has 2 aromatic carbocycles. The summed E-state index contributed by atoms with van der Waals surface area (Å²) in [5.74, 6) is 2.11. The number of nitrogens with two attached hydrogens (primary N) is 1. The molecule has 5 rings (SSSR count). The standard InChI is InChI=1S/C26H28N6O2/c1-2-7-22(33)31-15-6-8-19(16-31)32-26-23(25(27)28-17-29-26)24(30-32)18-11-13-21(14-12-18)34-20-9-4-3-5-10-20/h3-5,9-14,17,19H,2,6-8,15-16H2,1H3,(H2,27,28,29). The molecule has 2 N–H and O–H groups in total. The van der Waals surface area contributed by atoms with Crippen molar-refractivity contribution in [3.8, 4) is 22.8 Å². The fourth-order valence-corrected chi connectivity index (χ4v) is 4.51. The molecule has 174 valence electrons. The minimum Gasteiger partial charge on any atom is -0.457 e. The summed E-state index contributed by atoms with van der Waals surface area (Å²) in [6.45, 7) is 3.45. The van der Waals surface area contributed by atoms with Crippen molar-refractivity contribution in [1.82, 2.24) is 24.6 Å². The van der Waals surface area contributed by atoms with Gasteiger partial charge in [-0.1, -0.05) is 25.1 Å². The molecular formula is C26H28N6O2. The first kappa shape index (κ1) is 21.9. The lowest BCUT2D eigenvalue weighted by Gasteiger charge is -2.33. The summed E-state index contributed by atoms with van der Waals surface area (Å²) < 4.78 is 7.86. The highest BCUT2D eigenvalue weighted by atomic mass is 16.5. The monoisotopic (exact) mass is 456 g/mol. The number of para-hydroxylation sites is 1. The normalized spacial score (nSPS) is 16.0. The minimum absolute atomic E-state index is 0.0424. The van der Waals surface area contributed by atoms with E-state index in [0.29, 0.717) is 24.4 Å². The Kier molecular flexibility index (Phi) is 6.12. The average molecular weight is 457 g/mol. The van der Waals surface area contributed by atoms with Crippen LogP contribution in [0.4, 0.5) is 5.82 Å². The number of likely N-dealkylation sites (tertiary alicyclic amines) is 1. The molecule has 8 nitrogen and oxygen atoms in total. The molecule has 1 atom stereocenters. The molecule has 34 heavy (non-hydrogen) atoms. The van der Waals surface area contributed by atoms with E-state index < -0.39 is 0 Å². The van der Waals surface area contributed by atoms with Crippen molar-refractivity contribution in [2.75, 3.05) is 18.8 Å². The SMILES string of the molecule is CCCC(=O)N1CCCC(n2nc(-c3ccc(Oc4ccccc4)cc3)c3c(N)ncnc32)C1. The third-order valence-corrected chi connectivity index (χ3v) is 6.18. The van der Waals surface area contributed by atoms with Gasteiger partial charge in [-0.3, -0.25) is 4.79 Å². The van der Waals surface area contributed by atoms with Crippen molar-refractivity contribution < 1.29 is 9.53 Å². The fraction of sp³-hybridized carbons (Fsp3) is 0.308. The quantitative estimate of drug-likeness (QED) is 0.446. The molecule has 1 fully saturated rings. The van der Waals surface area contributed by atoms with Crippen LogP contribution in [0.1, 0.15) is 38.6 Å². The molecule has 1 saturated heterocycles. The molecular weight excluding hydrogens is 428 g/mol. The lowest BCUT2D eigenvalue weighted by molar-refractivity contribution is -0.132. The second-order valence-corrected chi connectivity index (χ2v) is 8.58. The average Bonchev–Trinajstić information content (AvgIpc) is 3.26. The molecule has 1 aliphatic heterocycles. The molecule has 0 spiro atoms. The lowest BCUT2D eigenvalue weighted by Crippen LogP contribution is -2.40. The summed E-state index contributed by atoms with van der Waals surface area (Å²) in [4.78, 5) is 23.2. The minimum atomic E-state index is 0.0424. The third-order valence-electron chi connectivity index (χ3n) is 6.18. The predicted molar refractivity (Wildman–Crippen MR) is 131 cm³/mol. The summed E-state index contributed by atoms with van der Waals surface area (Å²) in [5, 5.41) is 5.69. The van der Waals surface area contributed by atoms with Crippen molar-refractivity contribution in [3.05, 3.63) is 60.9 Å². The molecule has 4 aromatic rings. The van der Waals surface area contributed by atoms with Gasteiger partial charge < -0.3 is 15.4 Å². The van der Waals surface area contributed by atoms with Crippen molar-refractivity contribution in [3.63, 3.8) is 0 Å². The molecule has 2 aromatic heterocycles. The highest BCUT2D eigenvalue weighted by molar-refractivity contribution is 5.98. The Morgan fingerprint density at radius 3 is 2.62 bits per heavy atom. The number of benzene rings is 2. The van der Waals surface area contributed by atoms with Gasteiger partial charge in [-0.2, -0.15) is 5.10 Å². The van der Waals surface area contributed by atoms with E-state index in [1.165, 1.54) is 6.33 Å². The van der Waals surface area contributed by atoms with E-state index in [9.17, 15) is 4.79 Å². The maximum absolute atomic E-state index is 12.5. The number of hydrogen-bond acceptors (Lipinski definition) is 6. The van der Waals surface area contributed by atoms with E-state index in [1.807, 2.05) is 71.1 Å². The number of anilines is 1. The maximum atomic E-state index is 12.5. The Morgan fingerprint density at radius 2 is 1.85 bits per heavy atom. The van der Waals surface area contributed by atoms with Gasteiger partial charge in [-0.05, 0) is 55.7 Å². The number of carbonyl (C=O) groups excluding carboxylic acids is 1. The predicted octanol–water partition coefficient (Wildman–Crippen LogP) is 4.83. The van der Waals surface area contributed by atoms with Gasteiger partial charge in [0.25, 0.3) is 0 Å². The molecule has 1 amide bonds. The van der Waals surface area contributed by atoms with Crippen molar-refractivity contribution in [2.45, 2.75) is 38.6 Å². The highest BCUT2D eigenvalue weighted by Crippen LogP contribution is 2.35. The van der Waals surface area contributed by atoms with Gasteiger partial charge in [-0.15, -0.1) is 0 Å². The molecule has 0 aliphatic carbocycles. The topological polar surface area (TPSA) is 99.2 Å². The van der Waals surface area contributed by atoms with Crippen LogP contribution in [0.3, 0.4) is 0 Å². The van der Waals surface area contributed by atoms with Gasteiger partial charge in [0.15, 0.2) is 5.65 Å². The molecule has 0 saturated carbocycles. The Hall–Kier alpha value is -3.94. The van der Waals surface area contributed by atoms with E-state index >= 15 is 0 Å². The number of nitrogen functional groups attached to an aromatic ring is 1. The van der Waals surface area contributed by atoms with Crippen LogP contribution < -0.4 is 10.5 Å². The number of hydrogen-bond donors (Lipinski definition) is 1. The van der Waals surface area contributed by atoms with Gasteiger partial charge in [-0.25, -0.2) is 14.6 Å². The van der Waals surface area contributed by atoms with Gasteiger partial charge >= 0.3 is 0 Å². The summed E-state index contributed by atoms with van der Waals surface area (Å²) in [6, 6.07) is 17.5. The van der Waals surface area contributed by atoms with Crippen LogP contribution in [0.5, 0.6) is 11.5 Å². The number of nitrogens with zero attached hydrogens (tertiary/aromatic N) is 5. The first-order valence-electron chi connectivity index (χ1n) is 11.7.